The lowest BCUT2D eigenvalue weighted by molar-refractivity contribution is -0.116. The number of anilines is 1. The molecule has 0 aliphatic rings. The number of sulfonamides is 1. The lowest BCUT2D eigenvalue weighted by Crippen LogP contribution is -2.35. The molecule has 2 heterocycles. The Hall–Kier alpha value is -2.78. The summed E-state index contributed by atoms with van der Waals surface area (Å²) in [6.07, 6.45) is 1.63. The number of hydrogen-bond donors (Lipinski definition) is 1. The van der Waals surface area contributed by atoms with Crippen LogP contribution in [-0.4, -0.2) is 42.4 Å². The van der Waals surface area contributed by atoms with E-state index in [2.05, 4.69) is 15.5 Å². The number of nitrogens with one attached hydrogen (secondary N) is 1. The van der Waals surface area contributed by atoms with Gasteiger partial charge in [-0.1, -0.05) is 23.4 Å². The third-order valence-corrected chi connectivity index (χ3v) is 5.96. The molecular weight excluding hydrogens is 356 g/mol. The molecule has 1 amide bonds. The first-order chi connectivity index (χ1) is 12.3. The van der Waals surface area contributed by atoms with E-state index in [9.17, 15) is 13.2 Å². The summed E-state index contributed by atoms with van der Waals surface area (Å²) >= 11 is 0. The number of carbonyl (C=O) groups is 1. The number of likely N-dealkylation sites (N-methyl/N-ethyl adjacent to an activating group) is 1. The summed E-state index contributed by atoms with van der Waals surface area (Å²) in [6.45, 7) is 2.71. The molecule has 8 nitrogen and oxygen atoms in total. The zero-order valence-electron chi connectivity index (χ0n) is 14.6. The molecule has 2 aromatic heterocycles. The Labute approximate surface area is 150 Å². The molecule has 9 heteroatoms. The molecule has 1 aromatic carbocycles. The fourth-order valence-electron chi connectivity index (χ4n) is 2.68. The smallest absolute Gasteiger partial charge is 0.248 e. The first-order valence-corrected chi connectivity index (χ1v) is 9.27. The van der Waals surface area contributed by atoms with Crippen molar-refractivity contribution in [2.24, 2.45) is 0 Å². The minimum atomic E-state index is -3.89. The van der Waals surface area contributed by atoms with Gasteiger partial charge in [0.25, 0.3) is 0 Å². The Balaban J connectivity index is 1.79. The number of aromatic nitrogens is 2. The van der Waals surface area contributed by atoms with Gasteiger partial charge in [-0.2, -0.15) is 4.31 Å². The van der Waals surface area contributed by atoms with Crippen molar-refractivity contribution in [3.63, 3.8) is 0 Å². The summed E-state index contributed by atoms with van der Waals surface area (Å²) in [5, 5.41) is 7.25. The number of nitrogens with zero attached hydrogens (tertiary/aromatic N) is 3. The predicted molar refractivity (Wildman–Crippen MR) is 96.2 cm³/mol. The number of hydrogen-bond acceptors (Lipinski definition) is 6. The Bertz CT molecular complexity index is 1050. The molecule has 26 heavy (non-hydrogen) atoms. The highest BCUT2D eigenvalue weighted by atomic mass is 32.2. The van der Waals surface area contributed by atoms with Gasteiger partial charge in [0.1, 0.15) is 10.6 Å². The van der Waals surface area contributed by atoms with Gasteiger partial charge in [0.05, 0.1) is 17.7 Å². The van der Waals surface area contributed by atoms with Crippen molar-refractivity contribution in [3.8, 4) is 0 Å². The van der Waals surface area contributed by atoms with Gasteiger partial charge in [-0.05, 0) is 26.0 Å². The second-order valence-electron chi connectivity index (χ2n) is 5.84. The van der Waals surface area contributed by atoms with Gasteiger partial charge in [-0.25, -0.2) is 8.42 Å². The Morgan fingerprint density at radius 1 is 1.23 bits per heavy atom. The number of carbonyl (C=O) groups excluding carboxylic acids is 1. The molecular formula is C17H18N4O4S. The first-order valence-electron chi connectivity index (χ1n) is 7.83. The van der Waals surface area contributed by atoms with Crippen LogP contribution in [0.25, 0.3) is 10.9 Å². The van der Waals surface area contributed by atoms with Gasteiger partial charge in [0.15, 0.2) is 5.76 Å². The summed E-state index contributed by atoms with van der Waals surface area (Å²) < 4.78 is 31.2. The van der Waals surface area contributed by atoms with E-state index in [-0.39, 0.29) is 22.9 Å². The summed E-state index contributed by atoms with van der Waals surface area (Å²) in [5.74, 6) is -0.283. The monoisotopic (exact) mass is 374 g/mol. The summed E-state index contributed by atoms with van der Waals surface area (Å²) in [4.78, 5) is 16.6. The molecule has 0 bridgehead atoms. The fourth-order valence-corrected chi connectivity index (χ4v) is 4.09. The predicted octanol–water partition coefficient (Wildman–Crippen LogP) is 2.10. The lowest BCUT2D eigenvalue weighted by atomic mass is 10.2. The first kappa shape index (κ1) is 18.0. The minimum Gasteiger partial charge on any atom is -0.360 e. The minimum absolute atomic E-state index is 0.0142. The molecule has 0 spiro atoms. The molecule has 0 unspecified atom stereocenters. The number of benzene rings is 1. The topological polar surface area (TPSA) is 105 Å². The molecule has 1 N–H and O–H groups in total. The third kappa shape index (κ3) is 3.31. The molecule has 0 saturated heterocycles. The Morgan fingerprint density at radius 3 is 2.65 bits per heavy atom. The second-order valence-corrected chi connectivity index (χ2v) is 7.82. The van der Waals surface area contributed by atoms with Gasteiger partial charge < -0.3 is 9.84 Å². The van der Waals surface area contributed by atoms with Crippen molar-refractivity contribution < 1.29 is 17.7 Å². The molecule has 0 fully saturated rings. The highest BCUT2D eigenvalue weighted by Crippen LogP contribution is 2.23. The average molecular weight is 374 g/mol. The van der Waals surface area contributed by atoms with Crippen molar-refractivity contribution in [3.05, 3.63) is 48.0 Å². The molecule has 3 aromatic rings. The molecule has 0 atom stereocenters. The van der Waals surface area contributed by atoms with Crippen LogP contribution in [0, 0.1) is 13.8 Å². The average Bonchev–Trinajstić information content (AvgIpc) is 2.94. The lowest BCUT2D eigenvalue weighted by Gasteiger charge is -2.17. The number of aryl methyl sites for hydroxylation is 2. The van der Waals surface area contributed by atoms with Crippen molar-refractivity contribution in [2.75, 3.05) is 18.9 Å². The van der Waals surface area contributed by atoms with Crippen LogP contribution in [-0.2, 0) is 14.8 Å². The number of fused-ring (bicyclic) bond motifs is 1. The molecule has 0 radical (unpaired) electrons. The normalized spacial score (nSPS) is 11.8. The third-order valence-electron chi connectivity index (χ3n) is 3.91. The van der Waals surface area contributed by atoms with Crippen molar-refractivity contribution >= 4 is 32.5 Å². The molecule has 136 valence electrons. The van der Waals surface area contributed by atoms with E-state index in [1.54, 1.807) is 31.3 Å². The molecule has 0 saturated carbocycles. The number of para-hydroxylation sites is 1. The van der Waals surface area contributed by atoms with E-state index < -0.39 is 15.9 Å². The number of pyridine rings is 1. The largest absolute Gasteiger partial charge is 0.360 e. The van der Waals surface area contributed by atoms with Crippen LogP contribution in [0.4, 0.5) is 5.69 Å². The zero-order chi connectivity index (χ0) is 18.9. The quantitative estimate of drug-likeness (QED) is 0.733. The summed E-state index contributed by atoms with van der Waals surface area (Å²) in [7, 11) is -2.55. The van der Waals surface area contributed by atoms with Crippen LogP contribution < -0.4 is 5.32 Å². The number of rotatable bonds is 5. The Morgan fingerprint density at radius 2 is 1.96 bits per heavy atom. The maximum absolute atomic E-state index is 12.7. The van der Waals surface area contributed by atoms with E-state index >= 15 is 0 Å². The fraction of sp³-hybridized carbons (Fsp3) is 0.235. The van der Waals surface area contributed by atoms with Gasteiger partial charge in [-0.15, -0.1) is 0 Å². The number of amides is 1. The molecule has 0 aliphatic carbocycles. The molecule has 0 aliphatic heterocycles. The van der Waals surface area contributed by atoms with Crippen molar-refractivity contribution in [1.82, 2.24) is 14.4 Å². The highest BCUT2D eigenvalue weighted by Gasteiger charge is 2.29. The van der Waals surface area contributed by atoms with E-state index in [4.69, 9.17) is 4.52 Å². The van der Waals surface area contributed by atoms with E-state index in [1.165, 1.54) is 14.0 Å². The van der Waals surface area contributed by atoms with Crippen LogP contribution in [0.5, 0.6) is 0 Å². The SMILES string of the molecule is Cc1noc(C)c1S(=O)(=O)N(C)CC(=O)Nc1cccc2cccnc12. The van der Waals surface area contributed by atoms with E-state index in [1.807, 2.05) is 12.1 Å². The van der Waals surface area contributed by atoms with Gasteiger partial charge in [-0.3, -0.25) is 9.78 Å². The molecule has 3 rings (SSSR count). The standard InChI is InChI=1S/C17H18N4O4S/c1-11-17(12(2)25-20-11)26(23,24)21(3)10-15(22)19-14-8-4-6-13-7-5-9-18-16(13)14/h4-9H,10H2,1-3H3,(H,19,22). The van der Waals surface area contributed by atoms with Crippen molar-refractivity contribution in [1.29, 1.82) is 0 Å². The van der Waals surface area contributed by atoms with Crippen LogP contribution in [0.1, 0.15) is 11.5 Å². The maximum atomic E-state index is 12.7. The summed E-state index contributed by atoms with van der Waals surface area (Å²) in [6, 6.07) is 9.08. The van der Waals surface area contributed by atoms with Crippen LogP contribution in [0.3, 0.4) is 0 Å². The highest BCUT2D eigenvalue weighted by molar-refractivity contribution is 7.89. The zero-order valence-corrected chi connectivity index (χ0v) is 15.4. The Kier molecular flexibility index (Phi) is 4.75. The van der Waals surface area contributed by atoms with E-state index in [0.717, 1.165) is 9.69 Å². The summed E-state index contributed by atoms with van der Waals surface area (Å²) in [5.41, 5.74) is 1.42. The second kappa shape index (κ2) is 6.85. The van der Waals surface area contributed by atoms with Crippen molar-refractivity contribution in [2.45, 2.75) is 18.7 Å². The van der Waals surface area contributed by atoms with Crippen LogP contribution in [0.15, 0.2) is 45.9 Å². The maximum Gasteiger partial charge on any atom is 0.248 e. The van der Waals surface area contributed by atoms with Gasteiger partial charge in [0, 0.05) is 18.6 Å². The van der Waals surface area contributed by atoms with Gasteiger partial charge in [0.2, 0.25) is 15.9 Å². The van der Waals surface area contributed by atoms with Gasteiger partial charge >= 0.3 is 0 Å². The van der Waals surface area contributed by atoms with Crippen LogP contribution in [0.2, 0.25) is 0 Å². The van der Waals surface area contributed by atoms with Crippen LogP contribution >= 0.6 is 0 Å². The van der Waals surface area contributed by atoms with E-state index in [0.29, 0.717) is 11.2 Å².